The van der Waals surface area contributed by atoms with E-state index in [0.717, 1.165) is 46.3 Å². The number of para-hydroxylation sites is 1. The number of quaternary nitrogens is 1. The fourth-order valence-electron chi connectivity index (χ4n) is 3.20. The summed E-state index contributed by atoms with van der Waals surface area (Å²) in [6.45, 7) is 9.97. The molecule has 148 valence electrons. The third kappa shape index (κ3) is 4.34. The molecule has 0 aliphatic heterocycles. The van der Waals surface area contributed by atoms with Crippen molar-refractivity contribution >= 4 is 32.6 Å². The highest BCUT2D eigenvalue weighted by Crippen LogP contribution is 2.34. The van der Waals surface area contributed by atoms with Gasteiger partial charge in [-0.3, -0.25) is 9.69 Å². The van der Waals surface area contributed by atoms with Crippen LogP contribution >= 0.6 is 11.3 Å². The number of carbonyl (C=O) groups is 1. The van der Waals surface area contributed by atoms with E-state index in [1.165, 1.54) is 16.2 Å². The molecule has 1 heterocycles. The van der Waals surface area contributed by atoms with Gasteiger partial charge in [0.25, 0.3) is 5.91 Å². The van der Waals surface area contributed by atoms with E-state index in [0.29, 0.717) is 12.1 Å². The second-order valence-electron chi connectivity index (χ2n) is 6.83. The lowest BCUT2D eigenvalue weighted by atomic mass is 10.1. The summed E-state index contributed by atoms with van der Waals surface area (Å²) in [5.41, 5.74) is 2.63. The van der Waals surface area contributed by atoms with Crippen molar-refractivity contribution in [2.45, 2.75) is 20.8 Å². The lowest BCUT2D eigenvalue weighted by molar-refractivity contribution is -0.894. The van der Waals surface area contributed by atoms with Gasteiger partial charge in [0.1, 0.15) is 11.3 Å². The van der Waals surface area contributed by atoms with Crippen LogP contribution < -0.4 is 14.5 Å². The zero-order valence-electron chi connectivity index (χ0n) is 17.0. The number of nitrogens with zero attached hydrogens (tertiary/aromatic N) is 2. The summed E-state index contributed by atoms with van der Waals surface area (Å²) in [4.78, 5) is 21.4. The van der Waals surface area contributed by atoms with E-state index in [1.54, 1.807) is 7.11 Å². The third-order valence-electron chi connectivity index (χ3n) is 5.05. The average Bonchev–Trinajstić information content (AvgIpc) is 3.15. The number of ether oxygens (including phenoxy) is 1. The molecule has 0 aliphatic rings. The van der Waals surface area contributed by atoms with Gasteiger partial charge < -0.3 is 9.64 Å². The molecule has 3 rings (SSSR count). The Bertz CT molecular complexity index is 933. The molecule has 2 aromatic carbocycles. The van der Waals surface area contributed by atoms with Crippen molar-refractivity contribution in [2.75, 3.05) is 38.2 Å². The van der Waals surface area contributed by atoms with Crippen LogP contribution in [-0.2, 0) is 0 Å². The highest BCUT2D eigenvalue weighted by molar-refractivity contribution is 7.22. The molecule has 1 amide bonds. The van der Waals surface area contributed by atoms with Gasteiger partial charge in [-0.2, -0.15) is 0 Å². The molecule has 0 bridgehead atoms. The number of rotatable bonds is 8. The van der Waals surface area contributed by atoms with Gasteiger partial charge in [-0.05, 0) is 45.0 Å². The van der Waals surface area contributed by atoms with E-state index >= 15 is 0 Å². The molecular formula is C22H28N3O2S+. The maximum absolute atomic E-state index is 13.3. The van der Waals surface area contributed by atoms with Crippen molar-refractivity contribution in [3.8, 4) is 5.75 Å². The summed E-state index contributed by atoms with van der Waals surface area (Å²) in [5, 5.41) is 0.719. The molecule has 0 aliphatic carbocycles. The maximum Gasteiger partial charge on any atom is 0.260 e. The van der Waals surface area contributed by atoms with Crippen LogP contribution in [0.2, 0.25) is 0 Å². The first kappa shape index (κ1) is 20.3. The molecule has 5 nitrogen and oxygen atoms in total. The first-order valence-electron chi connectivity index (χ1n) is 9.73. The Balaban J connectivity index is 1.97. The highest BCUT2D eigenvalue weighted by atomic mass is 32.1. The Morgan fingerprint density at radius 2 is 1.86 bits per heavy atom. The van der Waals surface area contributed by atoms with Gasteiger partial charge in [-0.25, -0.2) is 4.98 Å². The monoisotopic (exact) mass is 398 g/mol. The Morgan fingerprint density at radius 3 is 2.50 bits per heavy atom. The standard InChI is InChI=1S/C22H27N3O2S/c1-5-24(6-2)14-15-25(21(26)17-12-10-16(3)11-13-17)22-23-20-18(27-4)8-7-9-19(20)28-22/h7-13H,5-6,14-15H2,1-4H3/p+1. The van der Waals surface area contributed by atoms with Gasteiger partial charge in [0.05, 0.1) is 38.0 Å². The fraction of sp³-hybridized carbons (Fsp3) is 0.364. The van der Waals surface area contributed by atoms with Gasteiger partial charge in [0, 0.05) is 5.56 Å². The summed E-state index contributed by atoms with van der Waals surface area (Å²) >= 11 is 1.53. The Labute approximate surface area is 170 Å². The van der Waals surface area contributed by atoms with Gasteiger partial charge in [0.15, 0.2) is 5.13 Å². The smallest absolute Gasteiger partial charge is 0.260 e. The average molecular weight is 399 g/mol. The number of methoxy groups -OCH3 is 1. The number of hydrogen-bond donors (Lipinski definition) is 1. The van der Waals surface area contributed by atoms with Gasteiger partial charge in [-0.15, -0.1) is 0 Å². The van der Waals surface area contributed by atoms with Crippen LogP contribution in [0.3, 0.4) is 0 Å². The molecule has 3 aromatic rings. The summed E-state index contributed by atoms with van der Waals surface area (Å²) in [6.07, 6.45) is 0. The van der Waals surface area contributed by atoms with Crippen molar-refractivity contribution in [1.29, 1.82) is 0 Å². The lowest BCUT2D eigenvalue weighted by Gasteiger charge is -2.23. The van der Waals surface area contributed by atoms with Crippen LogP contribution in [0.4, 0.5) is 5.13 Å². The number of hydrogen-bond acceptors (Lipinski definition) is 4. The number of aromatic nitrogens is 1. The number of nitrogens with one attached hydrogen (secondary N) is 1. The van der Waals surface area contributed by atoms with Crippen molar-refractivity contribution in [3.05, 3.63) is 53.6 Å². The number of aryl methyl sites for hydroxylation is 1. The number of amides is 1. The minimum absolute atomic E-state index is 0.00965. The van der Waals surface area contributed by atoms with Crippen LogP contribution in [0, 0.1) is 6.92 Å². The SMILES string of the molecule is CC[NH+](CC)CCN(C(=O)c1ccc(C)cc1)c1nc2c(OC)cccc2s1. The molecule has 0 atom stereocenters. The maximum atomic E-state index is 13.3. The molecule has 0 radical (unpaired) electrons. The number of carbonyl (C=O) groups excluding carboxylic acids is 1. The fourth-order valence-corrected chi connectivity index (χ4v) is 4.21. The molecule has 6 heteroatoms. The zero-order valence-corrected chi connectivity index (χ0v) is 17.8. The number of benzene rings is 2. The van der Waals surface area contributed by atoms with E-state index < -0.39 is 0 Å². The molecule has 1 N–H and O–H groups in total. The molecule has 28 heavy (non-hydrogen) atoms. The number of likely N-dealkylation sites (N-methyl/N-ethyl adjacent to an activating group) is 1. The topological polar surface area (TPSA) is 46.9 Å². The minimum Gasteiger partial charge on any atom is -0.494 e. The van der Waals surface area contributed by atoms with E-state index in [4.69, 9.17) is 9.72 Å². The normalized spacial score (nSPS) is 11.2. The van der Waals surface area contributed by atoms with Gasteiger partial charge in [0.2, 0.25) is 0 Å². The molecule has 0 spiro atoms. The molecule has 0 saturated carbocycles. The van der Waals surface area contributed by atoms with E-state index in [-0.39, 0.29) is 5.91 Å². The van der Waals surface area contributed by atoms with Crippen LogP contribution in [-0.4, -0.2) is 44.2 Å². The Kier molecular flexibility index (Phi) is 6.65. The van der Waals surface area contributed by atoms with Crippen molar-refractivity contribution in [1.82, 2.24) is 4.98 Å². The zero-order chi connectivity index (χ0) is 20.1. The predicted octanol–water partition coefficient (Wildman–Crippen LogP) is 3.18. The molecule has 0 unspecified atom stereocenters. The van der Waals surface area contributed by atoms with Crippen molar-refractivity contribution in [3.63, 3.8) is 0 Å². The second-order valence-corrected chi connectivity index (χ2v) is 7.84. The summed E-state index contributed by atoms with van der Waals surface area (Å²) < 4.78 is 6.47. The van der Waals surface area contributed by atoms with Crippen LogP contribution in [0.5, 0.6) is 5.75 Å². The van der Waals surface area contributed by atoms with E-state index in [9.17, 15) is 4.79 Å². The summed E-state index contributed by atoms with van der Waals surface area (Å²) in [7, 11) is 1.65. The molecule has 1 aromatic heterocycles. The number of anilines is 1. The molecular weight excluding hydrogens is 370 g/mol. The van der Waals surface area contributed by atoms with Gasteiger partial charge >= 0.3 is 0 Å². The number of thiazole rings is 1. The predicted molar refractivity (Wildman–Crippen MR) is 116 cm³/mol. The largest absolute Gasteiger partial charge is 0.494 e. The first-order valence-corrected chi connectivity index (χ1v) is 10.5. The van der Waals surface area contributed by atoms with Crippen LogP contribution in [0.15, 0.2) is 42.5 Å². The van der Waals surface area contributed by atoms with Crippen molar-refractivity contribution < 1.29 is 14.4 Å². The highest BCUT2D eigenvalue weighted by Gasteiger charge is 2.23. The van der Waals surface area contributed by atoms with E-state index in [1.807, 2.05) is 54.3 Å². The van der Waals surface area contributed by atoms with Gasteiger partial charge in [-0.1, -0.05) is 35.1 Å². The second kappa shape index (κ2) is 9.17. The molecule has 0 saturated heterocycles. The number of fused-ring (bicyclic) bond motifs is 1. The van der Waals surface area contributed by atoms with Crippen LogP contribution in [0.25, 0.3) is 10.2 Å². The quantitative estimate of drug-likeness (QED) is 0.634. The lowest BCUT2D eigenvalue weighted by Crippen LogP contribution is -3.12. The summed E-state index contributed by atoms with van der Waals surface area (Å²) in [6, 6.07) is 13.6. The third-order valence-corrected chi connectivity index (χ3v) is 6.10. The molecule has 0 fully saturated rings. The Hall–Kier alpha value is -2.44. The minimum atomic E-state index is -0.00965. The van der Waals surface area contributed by atoms with Crippen molar-refractivity contribution in [2.24, 2.45) is 0 Å². The van der Waals surface area contributed by atoms with E-state index in [2.05, 4.69) is 13.8 Å². The first-order chi connectivity index (χ1) is 13.6. The summed E-state index contributed by atoms with van der Waals surface area (Å²) in [5.74, 6) is 0.724. The van der Waals surface area contributed by atoms with Crippen LogP contribution in [0.1, 0.15) is 29.8 Å². The Morgan fingerprint density at radius 1 is 1.14 bits per heavy atom.